The lowest BCUT2D eigenvalue weighted by Crippen LogP contribution is -2.36. The lowest BCUT2D eigenvalue weighted by atomic mass is 10.2. The van der Waals surface area contributed by atoms with Gasteiger partial charge in [0.05, 0.1) is 6.54 Å². The Morgan fingerprint density at radius 1 is 1.41 bits per heavy atom. The third kappa shape index (κ3) is 3.94. The second-order valence-corrected chi connectivity index (χ2v) is 6.12. The Morgan fingerprint density at radius 3 is 2.68 bits per heavy atom. The van der Waals surface area contributed by atoms with Crippen LogP contribution in [0.3, 0.4) is 0 Å². The van der Waals surface area contributed by atoms with E-state index in [-0.39, 0.29) is 17.9 Å². The highest BCUT2D eigenvalue weighted by Crippen LogP contribution is 2.19. The van der Waals surface area contributed by atoms with Crippen molar-refractivity contribution in [2.75, 3.05) is 5.32 Å². The van der Waals surface area contributed by atoms with Gasteiger partial charge in [-0.2, -0.15) is 0 Å². The fraction of sp³-hybridized carbons (Fsp3) is 0.400. The summed E-state index contributed by atoms with van der Waals surface area (Å²) >= 11 is 1.23. The molecule has 0 unspecified atom stereocenters. The summed E-state index contributed by atoms with van der Waals surface area (Å²) in [5.41, 5.74) is 0.325. The third-order valence-electron chi connectivity index (χ3n) is 3.01. The molecule has 0 saturated carbocycles. The molecule has 0 saturated heterocycles. The molecule has 2 amide bonds. The van der Waals surface area contributed by atoms with Gasteiger partial charge < -0.3 is 14.6 Å². The van der Waals surface area contributed by atoms with Crippen LogP contribution in [0.1, 0.15) is 42.8 Å². The maximum Gasteiger partial charge on any atom is 0.274 e. The third-order valence-corrected chi connectivity index (χ3v) is 3.77. The van der Waals surface area contributed by atoms with E-state index in [1.807, 2.05) is 32.9 Å². The number of nitrogens with zero attached hydrogens (tertiary/aromatic N) is 2. The number of furan rings is 1. The first-order chi connectivity index (χ1) is 10.4. The predicted octanol–water partition coefficient (Wildman–Crippen LogP) is 3.05. The molecule has 22 heavy (non-hydrogen) atoms. The van der Waals surface area contributed by atoms with Crippen LogP contribution in [0.15, 0.2) is 21.9 Å². The Morgan fingerprint density at radius 2 is 2.14 bits per heavy atom. The van der Waals surface area contributed by atoms with Crippen LogP contribution in [0.5, 0.6) is 0 Å². The van der Waals surface area contributed by atoms with E-state index in [1.54, 1.807) is 10.3 Å². The van der Waals surface area contributed by atoms with Crippen molar-refractivity contribution < 1.29 is 14.0 Å². The number of carbonyl (C=O) groups is 2. The van der Waals surface area contributed by atoms with Gasteiger partial charge in [0.15, 0.2) is 5.13 Å². The van der Waals surface area contributed by atoms with E-state index >= 15 is 0 Å². The summed E-state index contributed by atoms with van der Waals surface area (Å²) in [7, 11) is 0. The quantitative estimate of drug-likeness (QED) is 0.918. The first kappa shape index (κ1) is 16.2. The van der Waals surface area contributed by atoms with Gasteiger partial charge in [-0.05, 0) is 32.9 Å². The topological polar surface area (TPSA) is 75.4 Å². The van der Waals surface area contributed by atoms with Gasteiger partial charge in [-0.3, -0.25) is 9.59 Å². The Bertz CT molecular complexity index is 675. The van der Waals surface area contributed by atoms with Crippen molar-refractivity contribution in [1.29, 1.82) is 0 Å². The average molecular weight is 321 g/mol. The van der Waals surface area contributed by atoms with Crippen molar-refractivity contribution in [3.63, 3.8) is 0 Å². The van der Waals surface area contributed by atoms with E-state index in [9.17, 15) is 9.59 Å². The molecule has 0 spiro atoms. The van der Waals surface area contributed by atoms with Gasteiger partial charge in [-0.1, -0.05) is 0 Å². The summed E-state index contributed by atoms with van der Waals surface area (Å²) in [5.74, 6) is 1.15. The molecule has 0 aliphatic rings. The first-order valence-corrected chi connectivity index (χ1v) is 7.84. The molecule has 2 heterocycles. The predicted molar refractivity (Wildman–Crippen MR) is 84.9 cm³/mol. The van der Waals surface area contributed by atoms with Crippen molar-refractivity contribution in [3.05, 3.63) is 34.7 Å². The van der Waals surface area contributed by atoms with Gasteiger partial charge in [0.1, 0.15) is 17.2 Å². The Kier molecular flexibility index (Phi) is 4.97. The van der Waals surface area contributed by atoms with E-state index in [0.29, 0.717) is 17.4 Å². The molecule has 0 atom stereocenters. The smallest absolute Gasteiger partial charge is 0.274 e. The van der Waals surface area contributed by atoms with Gasteiger partial charge in [-0.25, -0.2) is 4.98 Å². The summed E-state index contributed by atoms with van der Waals surface area (Å²) < 4.78 is 5.54. The number of aromatic nitrogens is 1. The molecule has 0 aliphatic carbocycles. The zero-order chi connectivity index (χ0) is 16.3. The molecule has 0 aliphatic heterocycles. The largest absolute Gasteiger partial charge is 0.464 e. The van der Waals surface area contributed by atoms with Crippen LogP contribution in [0, 0.1) is 6.92 Å². The molecule has 2 aromatic rings. The number of hydrogen-bond acceptors (Lipinski definition) is 5. The molecule has 7 heteroatoms. The summed E-state index contributed by atoms with van der Waals surface area (Å²) in [5, 5.41) is 4.65. The minimum Gasteiger partial charge on any atom is -0.464 e. The Balaban J connectivity index is 2.15. The molecule has 0 aromatic carbocycles. The van der Waals surface area contributed by atoms with E-state index in [1.165, 1.54) is 18.3 Å². The molecule has 2 aromatic heterocycles. The number of nitrogens with one attached hydrogen (secondary N) is 1. The van der Waals surface area contributed by atoms with E-state index in [2.05, 4.69) is 10.3 Å². The van der Waals surface area contributed by atoms with Crippen molar-refractivity contribution in [3.8, 4) is 0 Å². The number of rotatable bonds is 5. The van der Waals surface area contributed by atoms with Crippen molar-refractivity contribution in [1.82, 2.24) is 9.88 Å². The zero-order valence-corrected chi connectivity index (χ0v) is 13.9. The monoisotopic (exact) mass is 321 g/mol. The normalized spacial score (nSPS) is 10.8. The minimum atomic E-state index is -0.208. The molecule has 1 N–H and O–H groups in total. The SMILES string of the molecule is CC(=O)Nc1nc(C(=O)N(Cc2ccc(C)o2)C(C)C)cs1. The van der Waals surface area contributed by atoms with Crippen molar-refractivity contribution in [2.24, 2.45) is 0 Å². The lowest BCUT2D eigenvalue weighted by molar-refractivity contribution is -0.114. The summed E-state index contributed by atoms with van der Waals surface area (Å²) in [6, 6.07) is 3.74. The standard InChI is InChI=1S/C15H19N3O3S/c1-9(2)18(7-12-6-5-10(3)21-12)14(20)13-8-22-15(17-13)16-11(4)19/h5-6,8-9H,7H2,1-4H3,(H,16,17,19). The fourth-order valence-electron chi connectivity index (χ4n) is 1.95. The Hall–Kier alpha value is -2.15. The number of thiazole rings is 1. The fourth-order valence-corrected chi connectivity index (χ4v) is 2.68. The molecule has 0 radical (unpaired) electrons. The van der Waals surface area contributed by atoms with Crippen LogP contribution in [0.2, 0.25) is 0 Å². The van der Waals surface area contributed by atoms with Gasteiger partial charge in [0.25, 0.3) is 5.91 Å². The number of aryl methyl sites for hydroxylation is 1. The van der Waals surface area contributed by atoms with Gasteiger partial charge in [0, 0.05) is 18.3 Å². The number of amides is 2. The number of carbonyl (C=O) groups excluding carboxylic acids is 2. The van der Waals surface area contributed by atoms with Crippen LogP contribution < -0.4 is 5.32 Å². The molecule has 118 valence electrons. The van der Waals surface area contributed by atoms with Crippen LogP contribution in [0.25, 0.3) is 0 Å². The number of hydrogen-bond donors (Lipinski definition) is 1. The van der Waals surface area contributed by atoms with Gasteiger partial charge >= 0.3 is 0 Å². The van der Waals surface area contributed by atoms with Crippen molar-refractivity contribution >= 4 is 28.3 Å². The van der Waals surface area contributed by atoms with Crippen LogP contribution >= 0.6 is 11.3 Å². The molecular formula is C15H19N3O3S. The van der Waals surface area contributed by atoms with E-state index < -0.39 is 0 Å². The second-order valence-electron chi connectivity index (χ2n) is 5.26. The maximum atomic E-state index is 12.6. The van der Waals surface area contributed by atoms with E-state index in [0.717, 1.165) is 11.5 Å². The van der Waals surface area contributed by atoms with Crippen molar-refractivity contribution in [2.45, 2.75) is 40.3 Å². The summed E-state index contributed by atoms with van der Waals surface area (Å²) in [6.45, 7) is 7.54. The molecule has 2 rings (SSSR count). The van der Waals surface area contributed by atoms with Gasteiger partial charge in [-0.15, -0.1) is 11.3 Å². The highest BCUT2D eigenvalue weighted by Gasteiger charge is 2.22. The van der Waals surface area contributed by atoms with Gasteiger partial charge in [0.2, 0.25) is 5.91 Å². The van der Waals surface area contributed by atoms with Crippen LogP contribution in [-0.4, -0.2) is 27.7 Å². The maximum absolute atomic E-state index is 12.6. The number of anilines is 1. The second kappa shape index (κ2) is 6.74. The molecule has 0 fully saturated rings. The Labute approximate surface area is 133 Å². The molecular weight excluding hydrogens is 302 g/mol. The average Bonchev–Trinajstić information content (AvgIpc) is 3.03. The highest BCUT2D eigenvalue weighted by atomic mass is 32.1. The van der Waals surface area contributed by atoms with Crippen LogP contribution in [0.4, 0.5) is 5.13 Å². The lowest BCUT2D eigenvalue weighted by Gasteiger charge is -2.25. The van der Waals surface area contributed by atoms with E-state index in [4.69, 9.17) is 4.42 Å². The van der Waals surface area contributed by atoms with Crippen LogP contribution in [-0.2, 0) is 11.3 Å². The summed E-state index contributed by atoms with van der Waals surface area (Å²) in [6.07, 6.45) is 0. The first-order valence-electron chi connectivity index (χ1n) is 6.96. The molecule has 0 bridgehead atoms. The summed E-state index contributed by atoms with van der Waals surface area (Å²) in [4.78, 5) is 29.5. The highest BCUT2D eigenvalue weighted by molar-refractivity contribution is 7.14. The minimum absolute atomic E-state index is 0.00354. The zero-order valence-electron chi connectivity index (χ0n) is 13.0. The molecule has 6 nitrogen and oxygen atoms in total.